The highest BCUT2D eigenvalue weighted by atomic mass is 16.5. The van der Waals surface area contributed by atoms with Gasteiger partial charge in [-0.3, -0.25) is 15.0 Å². The topological polar surface area (TPSA) is 93.0 Å². The van der Waals surface area contributed by atoms with Crippen LogP contribution in [0.1, 0.15) is 30.7 Å². The summed E-state index contributed by atoms with van der Waals surface area (Å²) in [6, 6.07) is 6.97. The van der Waals surface area contributed by atoms with Crippen LogP contribution >= 0.6 is 0 Å². The molecule has 0 saturated carbocycles. The van der Waals surface area contributed by atoms with Crippen molar-refractivity contribution in [1.82, 2.24) is 15.5 Å². The molecule has 0 unspecified atom stereocenters. The van der Waals surface area contributed by atoms with Crippen LogP contribution in [0.2, 0.25) is 0 Å². The molecule has 0 atom stereocenters. The Labute approximate surface area is 170 Å². The second-order valence-corrected chi connectivity index (χ2v) is 6.70. The number of nitrogens with one attached hydrogen (secondary N) is 2. The summed E-state index contributed by atoms with van der Waals surface area (Å²) in [5.41, 5.74) is 2.31. The average molecular weight is 401 g/mol. The Morgan fingerprint density at radius 1 is 1.14 bits per heavy atom. The van der Waals surface area contributed by atoms with E-state index in [1.54, 1.807) is 12.1 Å². The summed E-state index contributed by atoms with van der Waals surface area (Å²) in [4.78, 5) is 26.1. The molecule has 0 spiro atoms. The molecule has 2 heterocycles. The van der Waals surface area contributed by atoms with E-state index < -0.39 is 6.03 Å². The number of nitrogens with zero attached hydrogens (tertiary/aromatic N) is 1. The molecule has 3 amide bonds. The van der Waals surface area contributed by atoms with Crippen molar-refractivity contribution < 1.29 is 23.5 Å². The molecule has 1 aromatic heterocycles. The van der Waals surface area contributed by atoms with Gasteiger partial charge in [0.15, 0.2) is 11.5 Å². The van der Waals surface area contributed by atoms with E-state index in [-0.39, 0.29) is 19.0 Å². The van der Waals surface area contributed by atoms with Crippen molar-refractivity contribution in [1.29, 1.82) is 0 Å². The summed E-state index contributed by atoms with van der Waals surface area (Å²) in [5.74, 6) is 1.75. The lowest BCUT2D eigenvalue weighted by atomic mass is 9.99. The number of carbonyl (C=O) groups excluding carboxylic acids is 2. The van der Waals surface area contributed by atoms with Gasteiger partial charge in [-0.2, -0.15) is 0 Å². The minimum Gasteiger partial charge on any atom is -0.490 e. The first-order chi connectivity index (χ1) is 14.1. The van der Waals surface area contributed by atoms with Gasteiger partial charge >= 0.3 is 6.03 Å². The molecule has 0 radical (unpaired) electrons. The van der Waals surface area contributed by atoms with Crippen LogP contribution in [0.15, 0.2) is 34.9 Å². The van der Waals surface area contributed by atoms with Crippen LogP contribution in [0, 0.1) is 0 Å². The molecular formula is C21H27N3O5. The predicted molar refractivity (Wildman–Crippen MR) is 107 cm³/mol. The van der Waals surface area contributed by atoms with Crippen LogP contribution in [-0.2, 0) is 24.3 Å². The zero-order chi connectivity index (χ0) is 20.6. The van der Waals surface area contributed by atoms with E-state index in [9.17, 15) is 9.59 Å². The molecule has 3 rings (SSSR count). The Hall–Kier alpha value is -3.00. The van der Waals surface area contributed by atoms with Crippen LogP contribution < -0.4 is 20.1 Å². The summed E-state index contributed by atoms with van der Waals surface area (Å²) in [5, 5.41) is 4.95. The monoisotopic (exact) mass is 401 g/mol. The molecule has 156 valence electrons. The Balaban J connectivity index is 1.53. The van der Waals surface area contributed by atoms with E-state index in [0.29, 0.717) is 25.5 Å². The Morgan fingerprint density at radius 3 is 2.52 bits per heavy atom. The van der Waals surface area contributed by atoms with E-state index >= 15 is 0 Å². The number of ether oxygens (including phenoxy) is 2. The van der Waals surface area contributed by atoms with Gasteiger partial charge in [0.25, 0.3) is 0 Å². The normalized spacial score (nSPS) is 13.4. The lowest BCUT2D eigenvalue weighted by molar-refractivity contribution is -0.121. The Morgan fingerprint density at radius 2 is 1.86 bits per heavy atom. The zero-order valence-corrected chi connectivity index (χ0v) is 16.8. The van der Waals surface area contributed by atoms with Gasteiger partial charge in [-0.25, -0.2) is 4.79 Å². The number of fused-ring (bicyclic) bond motifs is 1. The average Bonchev–Trinajstić information content (AvgIpc) is 3.21. The lowest BCUT2D eigenvalue weighted by Gasteiger charge is -2.29. The van der Waals surface area contributed by atoms with Crippen molar-refractivity contribution in [3.63, 3.8) is 0 Å². The van der Waals surface area contributed by atoms with Gasteiger partial charge < -0.3 is 19.2 Å². The number of imide groups is 1. The van der Waals surface area contributed by atoms with Crippen molar-refractivity contribution in [2.75, 3.05) is 26.3 Å². The van der Waals surface area contributed by atoms with E-state index in [4.69, 9.17) is 13.9 Å². The number of urea groups is 1. The number of furan rings is 1. The summed E-state index contributed by atoms with van der Waals surface area (Å²) in [6.45, 7) is 6.72. The molecule has 0 aliphatic carbocycles. The fourth-order valence-electron chi connectivity index (χ4n) is 3.29. The highest BCUT2D eigenvalue weighted by Crippen LogP contribution is 2.33. The van der Waals surface area contributed by atoms with Crippen molar-refractivity contribution >= 4 is 11.9 Å². The van der Waals surface area contributed by atoms with Gasteiger partial charge in [0.2, 0.25) is 5.91 Å². The fraction of sp³-hybridized carbons (Fsp3) is 0.429. The molecular weight excluding hydrogens is 374 g/mol. The third-order valence-corrected chi connectivity index (χ3v) is 4.58. The molecule has 0 fully saturated rings. The highest BCUT2D eigenvalue weighted by Gasteiger charge is 2.22. The maximum absolute atomic E-state index is 12.2. The molecule has 8 heteroatoms. The van der Waals surface area contributed by atoms with Gasteiger partial charge in [-0.15, -0.1) is 0 Å². The number of hydrogen-bond acceptors (Lipinski definition) is 6. The number of amides is 3. The molecule has 2 aromatic rings. The Kier molecular flexibility index (Phi) is 7.13. The van der Waals surface area contributed by atoms with Crippen molar-refractivity contribution in [2.45, 2.75) is 33.4 Å². The second kappa shape index (κ2) is 9.97. The third kappa shape index (κ3) is 5.74. The molecule has 1 aromatic carbocycles. The number of carbonyl (C=O) groups is 2. The van der Waals surface area contributed by atoms with E-state index in [2.05, 4.69) is 10.6 Å². The molecule has 8 nitrogen and oxygen atoms in total. The standard InChI is InChI=1S/C21H27N3O5/c1-3-27-18-10-15-7-8-24(13-16(15)11-19(18)28-4-2)14-20(25)23-21(26)22-12-17-6-5-9-29-17/h5-6,9-11H,3-4,7-8,12-14H2,1-2H3,(H2,22,23,25,26). The van der Waals surface area contributed by atoms with Crippen LogP contribution in [0.5, 0.6) is 11.5 Å². The van der Waals surface area contributed by atoms with Gasteiger partial charge in [0.1, 0.15) is 5.76 Å². The number of hydrogen-bond donors (Lipinski definition) is 2. The van der Waals surface area contributed by atoms with Crippen molar-refractivity contribution in [2.24, 2.45) is 0 Å². The Bertz CT molecular complexity index is 835. The minimum atomic E-state index is -0.538. The summed E-state index contributed by atoms with van der Waals surface area (Å²) >= 11 is 0. The van der Waals surface area contributed by atoms with E-state index in [1.165, 1.54) is 11.8 Å². The van der Waals surface area contributed by atoms with Crippen LogP contribution in [0.3, 0.4) is 0 Å². The molecule has 1 aliphatic heterocycles. The smallest absolute Gasteiger partial charge is 0.321 e. The second-order valence-electron chi connectivity index (χ2n) is 6.70. The molecule has 0 bridgehead atoms. The van der Waals surface area contributed by atoms with Crippen LogP contribution in [0.4, 0.5) is 4.79 Å². The van der Waals surface area contributed by atoms with E-state index in [1.807, 2.05) is 30.9 Å². The van der Waals surface area contributed by atoms with Gasteiger partial charge in [-0.1, -0.05) is 0 Å². The summed E-state index contributed by atoms with van der Waals surface area (Å²) < 4.78 is 16.5. The minimum absolute atomic E-state index is 0.144. The lowest BCUT2D eigenvalue weighted by Crippen LogP contribution is -2.45. The number of rotatable bonds is 8. The maximum Gasteiger partial charge on any atom is 0.321 e. The van der Waals surface area contributed by atoms with Gasteiger partial charge in [0.05, 0.1) is 32.6 Å². The molecule has 0 saturated heterocycles. The number of benzene rings is 1. The van der Waals surface area contributed by atoms with Gasteiger partial charge in [-0.05, 0) is 55.7 Å². The fourth-order valence-corrected chi connectivity index (χ4v) is 3.29. The largest absolute Gasteiger partial charge is 0.490 e. The molecule has 29 heavy (non-hydrogen) atoms. The predicted octanol–water partition coefficient (Wildman–Crippen LogP) is 2.46. The zero-order valence-electron chi connectivity index (χ0n) is 16.8. The SMILES string of the molecule is CCOc1cc2c(cc1OCC)CN(CC(=O)NC(=O)NCc1ccco1)CC2. The summed E-state index contributed by atoms with van der Waals surface area (Å²) in [6.07, 6.45) is 2.34. The first-order valence-electron chi connectivity index (χ1n) is 9.82. The van der Waals surface area contributed by atoms with Crippen LogP contribution in [-0.4, -0.2) is 43.1 Å². The quantitative estimate of drug-likeness (QED) is 0.706. The maximum atomic E-state index is 12.2. The highest BCUT2D eigenvalue weighted by molar-refractivity contribution is 5.95. The summed E-state index contributed by atoms with van der Waals surface area (Å²) in [7, 11) is 0. The van der Waals surface area contributed by atoms with Crippen LogP contribution in [0.25, 0.3) is 0 Å². The van der Waals surface area contributed by atoms with Crippen molar-refractivity contribution in [3.05, 3.63) is 47.4 Å². The third-order valence-electron chi connectivity index (χ3n) is 4.58. The first-order valence-corrected chi connectivity index (χ1v) is 9.82. The molecule has 1 aliphatic rings. The van der Waals surface area contributed by atoms with Crippen molar-refractivity contribution in [3.8, 4) is 11.5 Å². The van der Waals surface area contributed by atoms with E-state index in [0.717, 1.165) is 30.0 Å². The molecule has 2 N–H and O–H groups in total. The van der Waals surface area contributed by atoms with Gasteiger partial charge in [0, 0.05) is 13.1 Å². The first kappa shape index (κ1) is 20.7.